The summed E-state index contributed by atoms with van der Waals surface area (Å²) >= 11 is 13.5. The van der Waals surface area contributed by atoms with Crippen molar-refractivity contribution in [1.29, 1.82) is 0 Å². The molecule has 0 saturated carbocycles. The monoisotopic (exact) mass is 838 g/mol. The summed E-state index contributed by atoms with van der Waals surface area (Å²) in [5.41, 5.74) is 3.99. The van der Waals surface area contributed by atoms with Crippen molar-refractivity contribution in [3.05, 3.63) is 143 Å². The zero-order chi connectivity index (χ0) is 42.5. The van der Waals surface area contributed by atoms with Crippen LogP contribution in [0, 0.1) is 0 Å². The Morgan fingerprint density at radius 3 is 1.75 bits per heavy atom. The fourth-order valence-corrected chi connectivity index (χ4v) is 8.89. The maximum Gasteiger partial charge on any atom is 0.412 e. The molecule has 3 unspecified atom stereocenters. The maximum absolute atomic E-state index is 15.1. The van der Waals surface area contributed by atoms with Crippen molar-refractivity contribution < 1.29 is 19.1 Å². The van der Waals surface area contributed by atoms with Crippen molar-refractivity contribution in [3.8, 4) is 0 Å². The molecule has 3 atom stereocenters. The molecule has 8 nitrogen and oxygen atoms in total. The number of amides is 3. The smallest absolute Gasteiger partial charge is 0.412 e. The minimum Gasteiger partial charge on any atom is -0.417 e. The Bertz CT molecular complexity index is 2080. The Kier molecular flexibility index (Phi) is 13.5. The first kappa shape index (κ1) is 44.2. The lowest BCUT2D eigenvalue weighted by molar-refractivity contribution is -0.136. The zero-order valence-corrected chi connectivity index (χ0v) is 37.0. The van der Waals surface area contributed by atoms with Gasteiger partial charge in [0.15, 0.2) is 0 Å². The van der Waals surface area contributed by atoms with E-state index in [-0.39, 0.29) is 35.6 Å². The van der Waals surface area contributed by atoms with Crippen LogP contribution >= 0.6 is 23.2 Å². The molecule has 2 fully saturated rings. The highest BCUT2D eigenvalue weighted by Gasteiger charge is 2.49. The molecule has 6 rings (SSSR count). The van der Waals surface area contributed by atoms with Gasteiger partial charge in [-0.2, -0.15) is 0 Å². The second-order valence-electron chi connectivity index (χ2n) is 18.5. The minimum absolute atomic E-state index is 0.0611. The molecule has 2 heterocycles. The van der Waals surface area contributed by atoms with Crippen LogP contribution in [0.2, 0.25) is 0 Å². The summed E-state index contributed by atoms with van der Waals surface area (Å²) in [6, 6.07) is 36.3. The first-order valence-corrected chi connectivity index (χ1v) is 21.7. The molecular weight excluding hydrogens is 779 g/mol. The Morgan fingerprint density at radius 1 is 0.678 bits per heavy atom. The molecule has 0 aromatic heterocycles. The third-order valence-electron chi connectivity index (χ3n) is 11.8. The van der Waals surface area contributed by atoms with E-state index < -0.39 is 28.1 Å². The molecule has 0 radical (unpaired) electrons. The second kappa shape index (κ2) is 18.1. The van der Waals surface area contributed by atoms with Crippen LogP contribution in [0.3, 0.4) is 0 Å². The van der Waals surface area contributed by atoms with Crippen LogP contribution in [0.4, 0.5) is 4.79 Å². The molecule has 4 aromatic carbocycles. The van der Waals surface area contributed by atoms with Gasteiger partial charge in [0.05, 0.1) is 17.6 Å². The molecule has 2 saturated heterocycles. The molecular formula is C49H60Cl2N4O4. The third kappa shape index (κ3) is 10.7. The van der Waals surface area contributed by atoms with Gasteiger partial charge < -0.3 is 20.3 Å². The number of rotatable bonds is 11. The highest BCUT2D eigenvalue weighted by atomic mass is 35.5. The van der Waals surface area contributed by atoms with E-state index in [2.05, 4.69) is 106 Å². The number of halogens is 2. The first-order chi connectivity index (χ1) is 27.9. The average molecular weight is 840 g/mol. The van der Waals surface area contributed by atoms with E-state index in [9.17, 15) is 9.59 Å². The number of alkyl halides is 2. The maximum atomic E-state index is 15.1. The lowest BCUT2D eigenvalue weighted by atomic mass is 9.78. The van der Waals surface area contributed by atoms with Gasteiger partial charge in [-0.05, 0) is 76.4 Å². The predicted octanol–water partition coefficient (Wildman–Crippen LogP) is 9.55. The van der Waals surface area contributed by atoms with Crippen LogP contribution in [0.25, 0.3) is 0 Å². The normalized spacial score (nSPS) is 21.3. The van der Waals surface area contributed by atoms with Gasteiger partial charge in [-0.15, -0.1) is 11.6 Å². The van der Waals surface area contributed by atoms with Crippen molar-refractivity contribution in [2.75, 3.05) is 32.1 Å². The fourth-order valence-electron chi connectivity index (χ4n) is 8.55. The molecule has 4 aromatic rings. The van der Waals surface area contributed by atoms with Crippen molar-refractivity contribution in [3.63, 3.8) is 0 Å². The van der Waals surface area contributed by atoms with Crippen LogP contribution in [0.15, 0.2) is 109 Å². The van der Waals surface area contributed by atoms with E-state index in [1.807, 2.05) is 60.7 Å². The van der Waals surface area contributed by atoms with Gasteiger partial charge in [0.2, 0.25) is 5.91 Å². The number of ether oxygens (including phenoxy) is 1. The van der Waals surface area contributed by atoms with Crippen LogP contribution in [0.5, 0.6) is 0 Å². The van der Waals surface area contributed by atoms with E-state index >= 15 is 4.79 Å². The summed E-state index contributed by atoms with van der Waals surface area (Å²) in [6.07, 6.45) is 1.86. The van der Waals surface area contributed by atoms with Crippen molar-refractivity contribution in [2.24, 2.45) is 0 Å². The Hall–Kier alpha value is -4.37. The highest BCUT2D eigenvalue weighted by Crippen LogP contribution is 2.39. The van der Waals surface area contributed by atoms with Crippen LogP contribution in [-0.2, 0) is 49.2 Å². The number of nitrogens with zero attached hydrogens (tertiary/aromatic N) is 2. The third-order valence-corrected chi connectivity index (χ3v) is 12.5. The molecule has 2 N–H and O–H groups in total. The number of benzene rings is 4. The predicted molar refractivity (Wildman–Crippen MR) is 238 cm³/mol. The number of hydrogen-bond donors (Lipinski definition) is 2. The lowest BCUT2D eigenvalue weighted by Gasteiger charge is -2.46. The molecule has 0 bridgehead atoms. The number of hydrogen-bond acceptors (Lipinski definition) is 5. The molecule has 2 aliphatic rings. The average Bonchev–Trinajstić information content (AvgIpc) is 3.21. The topological polar surface area (TPSA) is 91.0 Å². The minimum atomic E-state index is -2.11. The van der Waals surface area contributed by atoms with Gasteiger partial charge in [0.1, 0.15) is 5.88 Å². The number of carbonyl (C=O) groups excluding carboxylic acids is 3. The van der Waals surface area contributed by atoms with Crippen molar-refractivity contribution in [2.45, 2.75) is 107 Å². The second-order valence-corrected chi connectivity index (χ2v) is 19.4. The van der Waals surface area contributed by atoms with Crippen LogP contribution < -0.4 is 10.6 Å². The molecule has 2 aliphatic heterocycles. The number of piperidine rings is 2. The quantitative estimate of drug-likeness (QED) is 0.147. The van der Waals surface area contributed by atoms with Crippen molar-refractivity contribution >= 4 is 41.1 Å². The van der Waals surface area contributed by atoms with E-state index in [0.29, 0.717) is 32.4 Å². The van der Waals surface area contributed by atoms with Crippen molar-refractivity contribution in [1.82, 2.24) is 20.4 Å². The molecule has 59 heavy (non-hydrogen) atoms. The van der Waals surface area contributed by atoms with Gasteiger partial charge >= 0.3 is 6.09 Å². The number of likely N-dealkylation sites (tertiary alicyclic amines) is 2. The summed E-state index contributed by atoms with van der Waals surface area (Å²) < 4.78 is 6.29. The molecule has 314 valence electrons. The summed E-state index contributed by atoms with van der Waals surface area (Å²) in [6.45, 7) is 15.5. The van der Waals surface area contributed by atoms with E-state index in [0.717, 1.165) is 47.3 Å². The fraction of sp³-hybridized carbons (Fsp3) is 0.449. The lowest BCUT2D eigenvalue weighted by Crippen LogP contribution is -2.62. The highest BCUT2D eigenvalue weighted by molar-refractivity contribution is 6.34. The van der Waals surface area contributed by atoms with E-state index in [1.165, 1.54) is 5.56 Å². The van der Waals surface area contributed by atoms with Gasteiger partial charge in [-0.3, -0.25) is 14.5 Å². The number of nitrogens with one attached hydrogen (secondary N) is 2. The van der Waals surface area contributed by atoms with E-state index in [1.54, 1.807) is 4.90 Å². The van der Waals surface area contributed by atoms with Gasteiger partial charge in [0.25, 0.3) is 11.0 Å². The molecule has 3 amide bonds. The summed E-state index contributed by atoms with van der Waals surface area (Å²) in [4.78, 5) is 46.6. The number of carbonyl (C=O) groups is 3. The summed E-state index contributed by atoms with van der Waals surface area (Å²) in [7, 11) is 0. The van der Waals surface area contributed by atoms with Crippen LogP contribution in [-0.4, -0.2) is 64.8 Å². The van der Waals surface area contributed by atoms with Gasteiger partial charge in [-0.1, -0.05) is 162 Å². The largest absolute Gasteiger partial charge is 0.417 e. The Balaban J connectivity index is 1.35. The standard InChI is InChI=1S/C49H60Cl2N4O4/c1-45(2,3)38-21-13-23-40(29-38)47(25-15-27-54(34-47)33-37-19-11-8-12-20-37)53-43(57)49(51,31-36-17-9-7-10-18-36)59-44(58)55-28-16-26-48(35-55,52-42(56)32-50)41-24-14-22-39(30-41)46(4,5)6/h7-14,17-24,29-30H,15-16,25-28,31-35H2,1-6H3,(H,52,56)(H,53,57). The molecule has 0 aliphatic carbocycles. The zero-order valence-electron chi connectivity index (χ0n) is 35.5. The SMILES string of the molecule is CC(C)(C)c1cccc(C2(NC(=O)CCl)CCCN(C(=O)OC(Cl)(Cc3ccccc3)C(=O)NC3(c4cccc(C(C)(C)C)c4)CCCN(Cc4ccccc4)C3)C2)c1. The Morgan fingerprint density at radius 2 is 1.20 bits per heavy atom. The molecule has 0 spiro atoms. The van der Waals surface area contributed by atoms with Crippen LogP contribution in [0.1, 0.15) is 101 Å². The molecule has 10 heteroatoms. The van der Waals surface area contributed by atoms with Gasteiger partial charge in [0, 0.05) is 26.1 Å². The Labute approximate surface area is 361 Å². The summed E-state index contributed by atoms with van der Waals surface area (Å²) in [5, 5.41) is 4.48. The summed E-state index contributed by atoms with van der Waals surface area (Å²) in [5.74, 6) is -1.15. The van der Waals surface area contributed by atoms with Gasteiger partial charge in [-0.25, -0.2) is 4.79 Å². The first-order valence-electron chi connectivity index (χ1n) is 20.8. The van der Waals surface area contributed by atoms with E-state index in [4.69, 9.17) is 27.9 Å².